The van der Waals surface area contributed by atoms with Crippen LogP contribution < -0.4 is 10.5 Å². The van der Waals surface area contributed by atoms with Crippen LogP contribution in [0, 0.1) is 12.8 Å². The number of aryl methyl sites for hydroxylation is 1. The van der Waals surface area contributed by atoms with E-state index >= 15 is 0 Å². The first-order valence-corrected chi connectivity index (χ1v) is 5.95. The van der Waals surface area contributed by atoms with Gasteiger partial charge in [0.15, 0.2) is 0 Å². The normalized spacial score (nSPS) is 10.5. The summed E-state index contributed by atoms with van der Waals surface area (Å²) in [4.78, 5) is 0.392. The van der Waals surface area contributed by atoms with Crippen LogP contribution in [-0.4, -0.2) is 11.6 Å². The fourth-order valence-electron chi connectivity index (χ4n) is 1.43. The molecule has 0 aliphatic rings. The Labute approximate surface area is 103 Å². The SMILES string of the molecule is Cc1cccc(C(N)=S)c1OCCC(C)C. The van der Waals surface area contributed by atoms with Crippen LogP contribution in [0.25, 0.3) is 0 Å². The van der Waals surface area contributed by atoms with Gasteiger partial charge in [-0.1, -0.05) is 38.2 Å². The van der Waals surface area contributed by atoms with Gasteiger partial charge in [0.1, 0.15) is 10.7 Å². The third-order valence-electron chi connectivity index (χ3n) is 2.42. The van der Waals surface area contributed by atoms with E-state index < -0.39 is 0 Å². The summed E-state index contributed by atoms with van der Waals surface area (Å²) >= 11 is 5.01. The van der Waals surface area contributed by atoms with Crippen molar-refractivity contribution in [2.24, 2.45) is 11.7 Å². The lowest BCUT2D eigenvalue weighted by molar-refractivity contribution is 0.287. The van der Waals surface area contributed by atoms with E-state index in [4.69, 9.17) is 22.7 Å². The van der Waals surface area contributed by atoms with Gasteiger partial charge in [0.25, 0.3) is 0 Å². The van der Waals surface area contributed by atoms with Crippen LogP contribution in [0.5, 0.6) is 5.75 Å². The monoisotopic (exact) mass is 237 g/mol. The molecule has 0 radical (unpaired) electrons. The average Bonchev–Trinajstić information content (AvgIpc) is 2.19. The van der Waals surface area contributed by atoms with Crippen molar-refractivity contribution >= 4 is 17.2 Å². The number of nitrogens with two attached hydrogens (primary N) is 1. The Bertz CT molecular complexity index is 374. The summed E-state index contributed by atoms with van der Waals surface area (Å²) in [5.41, 5.74) is 7.58. The van der Waals surface area contributed by atoms with Gasteiger partial charge >= 0.3 is 0 Å². The first-order chi connectivity index (χ1) is 7.52. The molecule has 0 atom stereocenters. The molecule has 0 saturated heterocycles. The quantitative estimate of drug-likeness (QED) is 0.799. The molecule has 0 fully saturated rings. The predicted octanol–water partition coefficient (Wildman–Crippen LogP) is 3.05. The first kappa shape index (κ1) is 13.0. The number of thiocarbonyl (C=S) groups is 1. The molecule has 0 saturated carbocycles. The summed E-state index contributed by atoms with van der Waals surface area (Å²) in [6.07, 6.45) is 1.03. The zero-order valence-electron chi connectivity index (χ0n) is 10.1. The van der Waals surface area contributed by atoms with E-state index in [9.17, 15) is 0 Å². The van der Waals surface area contributed by atoms with E-state index in [1.165, 1.54) is 0 Å². The first-order valence-electron chi connectivity index (χ1n) is 5.54. The Hall–Kier alpha value is -1.09. The molecule has 88 valence electrons. The Morgan fingerprint density at radius 1 is 1.44 bits per heavy atom. The third kappa shape index (κ3) is 3.49. The van der Waals surface area contributed by atoms with Crippen molar-refractivity contribution in [1.29, 1.82) is 0 Å². The van der Waals surface area contributed by atoms with Crippen molar-refractivity contribution in [3.05, 3.63) is 29.3 Å². The minimum Gasteiger partial charge on any atom is -0.493 e. The molecule has 2 nitrogen and oxygen atoms in total. The number of rotatable bonds is 5. The molecule has 1 aromatic rings. The molecule has 0 aliphatic heterocycles. The van der Waals surface area contributed by atoms with Crippen molar-refractivity contribution in [1.82, 2.24) is 0 Å². The van der Waals surface area contributed by atoms with Gasteiger partial charge in [-0.25, -0.2) is 0 Å². The number of hydrogen-bond donors (Lipinski definition) is 1. The molecule has 16 heavy (non-hydrogen) atoms. The standard InChI is InChI=1S/C13H19NOS/c1-9(2)7-8-15-12-10(3)5-4-6-11(12)13(14)16/h4-6,9H,7-8H2,1-3H3,(H2,14,16). The molecule has 0 unspecified atom stereocenters. The Kier molecular flexibility index (Phi) is 4.74. The van der Waals surface area contributed by atoms with Crippen LogP contribution in [-0.2, 0) is 0 Å². The van der Waals surface area contributed by atoms with E-state index in [0.29, 0.717) is 17.5 Å². The van der Waals surface area contributed by atoms with Gasteiger partial charge in [0, 0.05) is 0 Å². The second-order valence-electron chi connectivity index (χ2n) is 4.35. The van der Waals surface area contributed by atoms with Crippen LogP contribution in [0.15, 0.2) is 18.2 Å². The van der Waals surface area contributed by atoms with Crippen LogP contribution in [0.3, 0.4) is 0 Å². The Morgan fingerprint density at radius 3 is 2.69 bits per heavy atom. The van der Waals surface area contributed by atoms with Crippen molar-refractivity contribution in [3.63, 3.8) is 0 Å². The van der Waals surface area contributed by atoms with Crippen molar-refractivity contribution < 1.29 is 4.74 Å². The highest BCUT2D eigenvalue weighted by molar-refractivity contribution is 7.80. The molecule has 0 spiro atoms. The maximum absolute atomic E-state index is 5.77. The summed E-state index contributed by atoms with van der Waals surface area (Å²) in [6, 6.07) is 5.85. The lowest BCUT2D eigenvalue weighted by Gasteiger charge is -2.14. The van der Waals surface area contributed by atoms with Gasteiger partial charge < -0.3 is 10.5 Å². The molecule has 0 heterocycles. The van der Waals surface area contributed by atoms with Gasteiger partial charge in [0.2, 0.25) is 0 Å². The van der Waals surface area contributed by atoms with Crippen LogP contribution in [0.2, 0.25) is 0 Å². The van der Waals surface area contributed by atoms with E-state index in [2.05, 4.69) is 13.8 Å². The number of ether oxygens (including phenoxy) is 1. The molecular weight excluding hydrogens is 218 g/mol. The minimum absolute atomic E-state index is 0.392. The maximum atomic E-state index is 5.77. The highest BCUT2D eigenvalue weighted by Gasteiger charge is 2.09. The van der Waals surface area contributed by atoms with E-state index in [-0.39, 0.29) is 0 Å². The highest BCUT2D eigenvalue weighted by Crippen LogP contribution is 2.23. The molecule has 0 aliphatic carbocycles. The van der Waals surface area contributed by atoms with Crippen molar-refractivity contribution in [2.45, 2.75) is 27.2 Å². The summed E-state index contributed by atoms with van der Waals surface area (Å²) in [6.45, 7) is 7.07. The number of para-hydroxylation sites is 1. The largest absolute Gasteiger partial charge is 0.493 e. The van der Waals surface area contributed by atoms with Crippen molar-refractivity contribution in [2.75, 3.05) is 6.61 Å². The predicted molar refractivity (Wildman–Crippen MR) is 72.0 cm³/mol. The van der Waals surface area contributed by atoms with E-state index in [0.717, 1.165) is 23.3 Å². The third-order valence-corrected chi connectivity index (χ3v) is 2.64. The molecule has 0 aromatic heterocycles. The average molecular weight is 237 g/mol. The Morgan fingerprint density at radius 2 is 2.12 bits per heavy atom. The molecule has 0 bridgehead atoms. The topological polar surface area (TPSA) is 35.2 Å². The summed E-state index contributed by atoms with van der Waals surface area (Å²) in [7, 11) is 0. The van der Waals surface area contributed by atoms with E-state index in [1.54, 1.807) is 0 Å². The smallest absolute Gasteiger partial charge is 0.132 e. The summed E-state index contributed by atoms with van der Waals surface area (Å²) in [5, 5.41) is 0. The molecule has 1 aromatic carbocycles. The zero-order chi connectivity index (χ0) is 12.1. The molecule has 1 rings (SSSR count). The molecular formula is C13H19NOS. The fourth-order valence-corrected chi connectivity index (χ4v) is 1.60. The lowest BCUT2D eigenvalue weighted by atomic mass is 10.1. The van der Waals surface area contributed by atoms with Gasteiger partial charge in [-0.3, -0.25) is 0 Å². The highest BCUT2D eigenvalue weighted by atomic mass is 32.1. The fraction of sp³-hybridized carbons (Fsp3) is 0.462. The summed E-state index contributed by atoms with van der Waals surface area (Å²) < 4.78 is 5.77. The number of benzene rings is 1. The van der Waals surface area contributed by atoms with Crippen LogP contribution >= 0.6 is 12.2 Å². The zero-order valence-corrected chi connectivity index (χ0v) is 10.9. The molecule has 0 amide bonds. The Balaban J connectivity index is 2.80. The molecule has 2 N–H and O–H groups in total. The summed E-state index contributed by atoms with van der Waals surface area (Å²) in [5.74, 6) is 1.47. The van der Waals surface area contributed by atoms with Gasteiger partial charge in [0.05, 0.1) is 12.2 Å². The van der Waals surface area contributed by atoms with Crippen LogP contribution in [0.4, 0.5) is 0 Å². The van der Waals surface area contributed by atoms with Crippen molar-refractivity contribution in [3.8, 4) is 5.75 Å². The number of hydrogen-bond acceptors (Lipinski definition) is 2. The van der Waals surface area contributed by atoms with E-state index in [1.807, 2.05) is 25.1 Å². The second kappa shape index (κ2) is 5.85. The van der Waals surface area contributed by atoms with Gasteiger partial charge in [-0.15, -0.1) is 0 Å². The van der Waals surface area contributed by atoms with Crippen LogP contribution in [0.1, 0.15) is 31.4 Å². The lowest BCUT2D eigenvalue weighted by Crippen LogP contribution is -2.13. The minimum atomic E-state index is 0.392. The second-order valence-corrected chi connectivity index (χ2v) is 4.79. The molecule has 3 heteroatoms. The van der Waals surface area contributed by atoms with Gasteiger partial charge in [-0.05, 0) is 30.9 Å². The van der Waals surface area contributed by atoms with Gasteiger partial charge in [-0.2, -0.15) is 0 Å². The maximum Gasteiger partial charge on any atom is 0.132 e.